The van der Waals surface area contributed by atoms with Gasteiger partial charge in [-0.3, -0.25) is 4.98 Å². The van der Waals surface area contributed by atoms with E-state index in [1.165, 1.54) is 49.8 Å². The molecule has 0 bridgehead atoms. The number of halogens is 1. The summed E-state index contributed by atoms with van der Waals surface area (Å²) in [6.45, 7) is 3.91. The van der Waals surface area contributed by atoms with Crippen LogP contribution < -0.4 is 0 Å². The minimum atomic E-state index is -0.212. The second-order valence-corrected chi connectivity index (χ2v) is 6.61. The minimum Gasteiger partial charge on any atom is -0.256 e. The van der Waals surface area contributed by atoms with E-state index in [1.807, 2.05) is 12.3 Å². The van der Waals surface area contributed by atoms with Gasteiger partial charge in [-0.25, -0.2) is 4.39 Å². The van der Waals surface area contributed by atoms with Crippen LogP contribution in [0.4, 0.5) is 4.39 Å². The Balaban J connectivity index is 1.54. The molecule has 0 amide bonds. The number of aromatic nitrogens is 1. The Bertz CT molecular complexity index is 622. The maximum Gasteiger partial charge on any atom is 0.123 e. The minimum absolute atomic E-state index is 0.212. The molecular weight excluding hydrogens is 285 g/mol. The molecule has 1 fully saturated rings. The van der Waals surface area contributed by atoms with Crippen LogP contribution in [0.5, 0.6) is 0 Å². The van der Waals surface area contributed by atoms with Gasteiger partial charge in [0.25, 0.3) is 0 Å². The molecule has 1 aromatic heterocycles. The summed E-state index contributed by atoms with van der Waals surface area (Å²) in [7, 11) is 0. The first-order chi connectivity index (χ1) is 11.2. The number of hydrogen-bond donors (Lipinski definition) is 0. The predicted molar refractivity (Wildman–Crippen MR) is 93.6 cm³/mol. The first-order valence-corrected chi connectivity index (χ1v) is 8.58. The zero-order valence-electron chi connectivity index (χ0n) is 13.5. The van der Waals surface area contributed by atoms with Gasteiger partial charge in [-0.1, -0.05) is 12.1 Å². The van der Waals surface area contributed by atoms with E-state index < -0.39 is 0 Å². The number of allylic oxidation sites excluding steroid dienone is 1. The van der Waals surface area contributed by atoms with Crippen molar-refractivity contribution in [3.05, 3.63) is 66.6 Å². The van der Waals surface area contributed by atoms with Crippen molar-refractivity contribution in [2.45, 2.75) is 38.5 Å². The third-order valence-electron chi connectivity index (χ3n) is 5.03. The predicted octanol–water partition coefficient (Wildman–Crippen LogP) is 5.81. The molecule has 2 heteroatoms. The number of rotatable bonds is 5. The van der Waals surface area contributed by atoms with Crippen LogP contribution in [0.1, 0.15) is 37.7 Å². The molecule has 0 aliphatic heterocycles. The Morgan fingerprint density at radius 2 is 1.78 bits per heavy atom. The van der Waals surface area contributed by atoms with Gasteiger partial charge in [-0.05, 0) is 86.3 Å². The molecule has 0 N–H and O–H groups in total. The lowest BCUT2D eigenvalue weighted by Crippen LogP contribution is -2.13. The molecule has 2 aromatic rings. The van der Waals surface area contributed by atoms with Crippen molar-refractivity contribution in [2.75, 3.05) is 0 Å². The van der Waals surface area contributed by atoms with Crippen molar-refractivity contribution in [2.24, 2.45) is 11.8 Å². The Morgan fingerprint density at radius 3 is 2.39 bits per heavy atom. The Hall–Kier alpha value is -1.96. The standard InChI is InChI=1S/C21H24FN/c1-2-16-3-5-17(6-4-16)7-8-18-9-14-21(23-15-18)19-10-12-20(22)13-11-19/h2,9-17H,1,3-8H2. The quantitative estimate of drug-likeness (QED) is 0.635. The molecule has 0 atom stereocenters. The van der Waals surface area contributed by atoms with Gasteiger partial charge in [0.2, 0.25) is 0 Å². The summed E-state index contributed by atoms with van der Waals surface area (Å²) in [4.78, 5) is 4.53. The van der Waals surface area contributed by atoms with Crippen LogP contribution in [-0.4, -0.2) is 4.98 Å². The molecule has 0 unspecified atom stereocenters. The average Bonchev–Trinajstić information content (AvgIpc) is 2.61. The molecule has 3 rings (SSSR count). The van der Waals surface area contributed by atoms with E-state index in [1.54, 1.807) is 12.1 Å². The molecular formula is C21H24FN. The van der Waals surface area contributed by atoms with Crippen molar-refractivity contribution in [1.29, 1.82) is 0 Å². The summed E-state index contributed by atoms with van der Waals surface area (Å²) in [6, 6.07) is 10.7. The smallest absolute Gasteiger partial charge is 0.123 e. The van der Waals surface area contributed by atoms with Gasteiger partial charge in [0, 0.05) is 11.8 Å². The molecule has 120 valence electrons. The average molecular weight is 309 g/mol. The summed E-state index contributed by atoms with van der Waals surface area (Å²) in [5, 5.41) is 0. The third kappa shape index (κ3) is 4.28. The Kier molecular flexibility index (Phi) is 5.22. The van der Waals surface area contributed by atoms with Crippen molar-refractivity contribution in [3.63, 3.8) is 0 Å². The van der Waals surface area contributed by atoms with Crippen LogP contribution in [-0.2, 0) is 6.42 Å². The molecule has 1 aliphatic carbocycles. The van der Waals surface area contributed by atoms with Gasteiger partial charge < -0.3 is 0 Å². The molecule has 0 saturated heterocycles. The van der Waals surface area contributed by atoms with Crippen molar-refractivity contribution < 1.29 is 4.39 Å². The maximum atomic E-state index is 13.0. The van der Waals surface area contributed by atoms with Gasteiger partial charge in [-0.2, -0.15) is 0 Å². The number of pyridine rings is 1. The van der Waals surface area contributed by atoms with E-state index in [-0.39, 0.29) is 5.82 Å². The third-order valence-corrected chi connectivity index (χ3v) is 5.03. The van der Waals surface area contributed by atoms with Gasteiger partial charge in [0.1, 0.15) is 5.82 Å². The fourth-order valence-corrected chi connectivity index (χ4v) is 3.45. The highest BCUT2D eigenvalue weighted by atomic mass is 19.1. The second kappa shape index (κ2) is 7.54. The maximum absolute atomic E-state index is 13.0. The monoisotopic (exact) mass is 309 g/mol. The molecule has 1 heterocycles. The number of aryl methyl sites for hydroxylation is 1. The fraction of sp³-hybridized carbons (Fsp3) is 0.381. The van der Waals surface area contributed by atoms with E-state index in [2.05, 4.69) is 23.7 Å². The topological polar surface area (TPSA) is 12.9 Å². The molecule has 1 aliphatic rings. The summed E-state index contributed by atoms with van der Waals surface area (Å²) in [5.41, 5.74) is 3.16. The highest BCUT2D eigenvalue weighted by molar-refractivity contribution is 5.58. The van der Waals surface area contributed by atoms with Crippen LogP contribution in [0.2, 0.25) is 0 Å². The van der Waals surface area contributed by atoms with Crippen LogP contribution in [0, 0.1) is 17.7 Å². The SMILES string of the molecule is C=CC1CCC(CCc2ccc(-c3ccc(F)cc3)nc2)CC1. The normalized spacial score (nSPS) is 21.1. The molecule has 23 heavy (non-hydrogen) atoms. The van der Waals surface area contributed by atoms with E-state index >= 15 is 0 Å². The summed E-state index contributed by atoms with van der Waals surface area (Å²) < 4.78 is 13.0. The largest absolute Gasteiger partial charge is 0.256 e. The van der Waals surface area contributed by atoms with Gasteiger partial charge in [-0.15, -0.1) is 6.58 Å². The Labute approximate surface area is 138 Å². The van der Waals surface area contributed by atoms with E-state index in [4.69, 9.17) is 0 Å². The summed E-state index contributed by atoms with van der Waals surface area (Å²) in [6.07, 6.45) is 11.7. The van der Waals surface area contributed by atoms with Crippen molar-refractivity contribution >= 4 is 0 Å². The number of nitrogens with zero attached hydrogens (tertiary/aromatic N) is 1. The first-order valence-electron chi connectivity index (χ1n) is 8.58. The van der Waals surface area contributed by atoms with E-state index in [0.717, 1.165) is 29.5 Å². The lowest BCUT2D eigenvalue weighted by Gasteiger charge is -2.26. The lowest BCUT2D eigenvalue weighted by atomic mass is 9.80. The van der Waals surface area contributed by atoms with Gasteiger partial charge in [0.05, 0.1) is 5.69 Å². The lowest BCUT2D eigenvalue weighted by molar-refractivity contribution is 0.296. The Morgan fingerprint density at radius 1 is 1.04 bits per heavy atom. The van der Waals surface area contributed by atoms with E-state index in [9.17, 15) is 4.39 Å². The summed E-state index contributed by atoms with van der Waals surface area (Å²) >= 11 is 0. The zero-order valence-corrected chi connectivity index (χ0v) is 13.5. The van der Waals surface area contributed by atoms with Gasteiger partial charge in [0.15, 0.2) is 0 Å². The van der Waals surface area contributed by atoms with Crippen LogP contribution in [0.3, 0.4) is 0 Å². The van der Waals surface area contributed by atoms with Gasteiger partial charge >= 0.3 is 0 Å². The number of benzene rings is 1. The zero-order chi connectivity index (χ0) is 16.1. The highest BCUT2D eigenvalue weighted by Gasteiger charge is 2.18. The first kappa shape index (κ1) is 15.9. The molecule has 1 aromatic carbocycles. The van der Waals surface area contributed by atoms with Crippen LogP contribution >= 0.6 is 0 Å². The molecule has 1 nitrogen and oxygen atoms in total. The fourth-order valence-electron chi connectivity index (χ4n) is 3.45. The molecule has 1 saturated carbocycles. The van der Waals surface area contributed by atoms with Crippen LogP contribution in [0.15, 0.2) is 55.3 Å². The van der Waals surface area contributed by atoms with E-state index in [0.29, 0.717) is 0 Å². The highest BCUT2D eigenvalue weighted by Crippen LogP contribution is 2.32. The van der Waals surface area contributed by atoms with Crippen molar-refractivity contribution in [1.82, 2.24) is 4.98 Å². The number of hydrogen-bond acceptors (Lipinski definition) is 1. The molecule has 0 radical (unpaired) electrons. The second-order valence-electron chi connectivity index (χ2n) is 6.61. The summed E-state index contributed by atoms with van der Waals surface area (Å²) in [5.74, 6) is 1.38. The molecule has 0 spiro atoms. The van der Waals surface area contributed by atoms with Crippen molar-refractivity contribution in [3.8, 4) is 11.3 Å². The van der Waals surface area contributed by atoms with Crippen LogP contribution in [0.25, 0.3) is 11.3 Å².